The van der Waals surface area contributed by atoms with Gasteiger partial charge in [0.15, 0.2) is 4.80 Å². The molecule has 0 fully saturated rings. The quantitative estimate of drug-likeness (QED) is 0.183. The van der Waals surface area contributed by atoms with Crippen molar-refractivity contribution in [2.24, 2.45) is 4.99 Å². The maximum absolute atomic E-state index is 14.0. The van der Waals surface area contributed by atoms with E-state index < -0.39 is 12.0 Å². The van der Waals surface area contributed by atoms with E-state index in [9.17, 15) is 9.59 Å². The number of aromatic nitrogens is 1. The van der Waals surface area contributed by atoms with Gasteiger partial charge in [-0.2, -0.15) is 0 Å². The van der Waals surface area contributed by atoms with Crippen LogP contribution >= 0.6 is 68.1 Å². The number of thiazole rings is 1. The number of esters is 1. The lowest BCUT2D eigenvalue weighted by Crippen LogP contribution is -2.40. The van der Waals surface area contributed by atoms with Gasteiger partial charge in [0.05, 0.1) is 39.1 Å². The third kappa shape index (κ3) is 5.59. The lowest BCUT2D eigenvalue weighted by Gasteiger charge is -2.25. The van der Waals surface area contributed by atoms with E-state index in [0.717, 1.165) is 23.8 Å². The number of benzene rings is 3. The molecule has 198 valence electrons. The van der Waals surface area contributed by atoms with Crippen molar-refractivity contribution < 1.29 is 14.3 Å². The highest BCUT2D eigenvalue weighted by atomic mass is 127. The molecule has 39 heavy (non-hydrogen) atoms. The van der Waals surface area contributed by atoms with Gasteiger partial charge in [-0.25, -0.2) is 9.79 Å². The standard InChI is InChI=1S/C29H21ClI2N2O4S/c1-3-38-28(36)23-24(16-7-5-4-6-8-16)33-29-34(25(23)17-9-11-19(30)12-10-17)27(35)22(39-29)14-18-13-20(31)15-21(32)26(18)37-2/h4-15,25H,3H2,1-2H3/b22-14-/t25-/m0/s1. The summed E-state index contributed by atoms with van der Waals surface area (Å²) in [5.41, 5.74) is 2.78. The van der Waals surface area contributed by atoms with Crippen LogP contribution in [0.1, 0.15) is 29.7 Å². The smallest absolute Gasteiger partial charge is 0.338 e. The Bertz CT molecular complexity index is 1780. The van der Waals surface area contributed by atoms with Crippen LogP contribution in [-0.2, 0) is 9.53 Å². The number of carbonyl (C=O) groups is 1. The largest absolute Gasteiger partial charge is 0.495 e. The number of hydrogen-bond donors (Lipinski definition) is 0. The van der Waals surface area contributed by atoms with Crippen molar-refractivity contribution in [3.63, 3.8) is 0 Å². The minimum Gasteiger partial charge on any atom is -0.495 e. The summed E-state index contributed by atoms with van der Waals surface area (Å²) in [5.74, 6) is 0.163. The van der Waals surface area contributed by atoms with Gasteiger partial charge in [0.25, 0.3) is 5.56 Å². The zero-order valence-electron chi connectivity index (χ0n) is 20.8. The molecule has 5 rings (SSSR count). The summed E-state index contributed by atoms with van der Waals surface area (Å²) in [5, 5.41) is 0.552. The van der Waals surface area contributed by atoms with Crippen molar-refractivity contribution in [3.05, 3.63) is 121 Å². The van der Waals surface area contributed by atoms with Crippen LogP contribution < -0.4 is 19.6 Å². The molecule has 0 N–H and O–H groups in total. The zero-order chi connectivity index (χ0) is 27.7. The summed E-state index contributed by atoms with van der Waals surface area (Å²) >= 11 is 11.9. The van der Waals surface area contributed by atoms with Crippen molar-refractivity contribution in [2.75, 3.05) is 13.7 Å². The molecule has 0 unspecified atom stereocenters. The van der Waals surface area contributed by atoms with Crippen LogP contribution in [0.3, 0.4) is 0 Å². The molecule has 4 aromatic rings. The molecule has 0 aliphatic carbocycles. The topological polar surface area (TPSA) is 69.9 Å². The minimum absolute atomic E-state index is 0.188. The van der Waals surface area contributed by atoms with Crippen molar-refractivity contribution in [1.82, 2.24) is 4.57 Å². The molecule has 1 aliphatic rings. The molecule has 10 heteroatoms. The van der Waals surface area contributed by atoms with E-state index in [-0.39, 0.29) is 12.2 Å². The van der Waals surface area contributed by atoms with E-state index >= 15 is 0 Å². The first-order valence-electron chi connectivity index (χ1n) is 11.9. The van der Waals surface area contributed by atoms with Gasteiger partial charge in [0.2, 0.25) is 0 Å². The third-order valence-electron chi connectivity index (χ3n) is 6.09. The second-order valence-electron chi connectivity index (χ2n) is 8.49. The third-order valence-corrected chi connectivity index (χ3v) is 8.75. The molecular formula is C29H21ClI2N2O4S. The Labute approximate surface area is 260 Å². The van der Waals surface area contributed by atoms with Gasteiger partial charge in [-0.05, 0) is 88.0 Å². The van der Waals surface area contributed by atoms with E-state index in [1.165, 1.54) is 11.3 Å². The fraction of sp³-hybridized carbons (Fsp3) is 0.138. The van der Waals surface area contributed by atoms with Gasteiger partial charge in [-0.15, -0.1) is 0 Å². The lowest BCUT2D eigenvalue weighted by molar-refractivity contribution is -0.138. The van der Waals surface area contributed by atoms with Crippen LogP contribution in [0.5, 0.6) is 5.75 Å². The first kappa shape index (κ1) is 28.1. The second-order valence-corrected chi connectivity index (χ2v) is 12.3. The Morgan fingerprint density at radius 1 is 1.13 bits per heavy atom. The number of nitrogens with zero attached hydrogens (tertiary/aromatic N) is 2. The number of methoxy groups -OCH3 is 1. The zero-order valence-corrected chi connectivity index (χ0v) is 26.7. The van der Waals surface area contributed by atoms with Gasteiger partial charge in [-0.3, -0.25) is 9.36 Å². The van der Waals surface area contributed by atoms with Crippen LogP contribution in [0.4, 0.5) is 0 Å². The minimum atomic E-state index is -0.757. The highest BCUT2D eigenvalue weighted by Crippen LogP contribution is 2.35. The van der Waals surface area contributed by atoms with E-state index in [1.54, 1.807) is 30.7 Å². The second kappa shape index (κ2) is 11.9. The Morgan fingerprint density at radius 2 is 1.85 bits per heavy atom. The van der Waals surface area contributed by atoms with Gasteiger partial charge in [-0.1, -0.05) is 65.4 Å². The van der Waals surface area contributed by atoms with E-state index in [2.05, 4.69) is 45.2 Å². The molecule has 0 radical (unpaired) electrons. The molecule has 1 atom stereocenters. The van der Waals surface area contributed by atoms with E-state index in [0.29, 0.717) is 31.4 Å². The summed E-state index contributed by atoms with van der Waals surface area (Å²) in [7, 11) is 1.61. The Balaban J connectivity index is 1.84. The van der Waals surface area contributed by atoms with Crippen molar-refractivity contribution in [3.8, 4) is 5.75 Å². The molecule has 0 saturated carbocycles. The molecule has 3 aromatic carbocycles. The molecular weight excluding hydrogens is 762 g/mol. The predicted molar refractivity (Wildman–Crippen MR) is 171 cm³/mol. The normalized spacial score (nSPS) is 15.1. The monoisotopic (exact) mass is 782 g/mol. The number of halogens is 3. The molecule has 1 aliphatic heterocycles. The Hall–Kier alpha value is -2.48. The molecule has 0 amide bonds. The average molecular weight is 783 g/mol. The summed E-state index contributed by atoms with van der Waals surface area (Å²) in [6.45, 7) is 1.94. The fourth-order valence-corrected chi connectivity index (χ4v) is 7.67. The van der Waals surface area contributed by atoms with Crippen LogP contribution in [0.15, 0.2) is 82.1 Å². The lowest BCUT2D eigenvalue weighted by atomic mass is 9.93. The highest BCUT2D eigenvalue weighted by Gasteiger charge is 2.35. The molecule has 2 heterocycles. The fourth-order valence-electron chi connectivity index (χ4n) is 4.44. The Kier molecular flexibility index (Phi) is 8.60. The van der Waals surface area contributed by atoms with Gasteiger partial charge < -0.3 is 9.47 Å². The average Bonchev–Trinajstić information content (AvgIpc) is 3.23. The number of hydrogen-bond acceptors (Lipinski definition) is 6. The van der Waals surface area contributed by atoms with Crippen molar-refractivity contribution in [2.45, 2.75) is 13.0 Å². The molecule has 6 nitrogen and oxygen atoms in total. The van der Waals surface area contributed by atoms with Gasteiger partial charge in [0, 0.05) is 19.7 Å². The maximum atomic E-state index is 14.0. The van der Waals surface area contributed by atoms with E-state index in [1.807, 2.05) is 60.7 Å². The summed E-state index contributed by atoms with van der Waals surface area (Å²) in [4.78, 5) is 32.9. The van der Waals surface area contributed by atoms with Gasteiger partial charge in [0.1, 0.15) is 5.75 Å². The van der Waals surface area contributed by atoms with Crippen molar-refractivity contribution >= 4 is 85.9 Å². The van der Waals surface area contributed by atoms with Crippen LogP contribution in [0, 0.1) is 7.14 Å². The van der Waals surface area contributed by atoms with E-state index in [4.69, 9.17) is 26.1 Å². The van der Waals surface area contributed by atoms with Crippen LogP contribution in [-0.4, -0.2) is 24.3 Å². The predicted octanol–water partition coefficient (Wildman–Crippen LogP) is 5.81. The number of carbonyl (C=O) groups excluding carboxylic acids is 1. The summed E-state index contributed by atoms with van der Waals surface area (Å²) in [6, 6.07) is 19.8. The molecule has 0 saturated heterocycles. The molecule has 0 bridgehead atoms. The van der Waals surface area contributed by atoms with Crippen molar-refractivity contribution in [1.29, 1.82) is 0 Å². The van der Waals surface area contributed by atoms with Crippen LogP contribution in [0.25, 0.3) is 11.8 Å². The van der Waals surface area contributed by atoms with Crippen LogP contribution in [0.2, 0.25) is 5.02 Å². The highest BCUT2D eigenvalue weighted by molar-refractivity contribution is 14.1. The number of rotatable bonds is 6. The summed E-state index contributed by atoms with van der Waals surface area (Å²) < 4.78 is 15.2. The SMILES string of the molecule is CCOC(=O)C1=C(c2ccccc2)N=c2s/c(=C\c3cc(I)cc(I)c3OC)c(=O)n2[C@H]1c1ccc(Cl)cc1. The number of ether oxygens (including phenoxy) is 2. The molecule has 0 spiro atoms. The van der Waals surface area contributed by atoms with Gasteiger partial charge >= 0.3 is 5.97 Å². The first-order valence-corrected chi connectivity index (χ1v) is 15.2. The maximum Gasteiger partial charge on any atom is 0.338 e. The first-order chi connectivity index (χ1) is 18.8. The molecule has 1 aromatic heterocycles. The summed E-state index contributed by atoms with van der Waals surface area (Å²) in [6.07, 6.45) is 1.82. The Morgan fingerprint density at radius 3 is 2.51 bits per heavy atom. The number of fused-ring (bicyclic) bond motifs is 1.